The third-order valence-electron chi connectivity index (χ3n) is 3.92. The van der Waals surface area contributed by atoms with E-state index < -0.39 is 0 Å². The van der Waals surface area contributed by atoms with Crippen LogP contribution >= 0.6 is 0 Å². The van der Waals surface area contributed by atoms with E-state index in [0.29, 0.717) is 0 Å². The fourth-order valence-electron chi connectivity index (χ4n) is 2.86. The number of hydrogen-bond donors (Lipinski definition) is 0. The van der Waals surface area contributed by atoms with Gasteiger partial charge in [-0.1, -0.05) is 56.4 Å². The Hall–Kier alpha value is -1.07. The summed E-state index contributed by atoms with van der Waals surface area (Å²) >= 11 is 0. The molecule has 2 aromatic carbocycles. The van der Waals surface area contributed by atoms with Gasteiger partial charge in [-0.2, -0.15) is 23.6 Å². The van der Waals surface area contributed by atoms with E-state index in [2.05, 4.69) is 66.7 Å². The number of allylic oxidation sites excluding steroid dienone is 1. The van der Waals surface area contributed by atoms with Crippen LogP contribution in [-0.4, -0.2) is 0 Å². The van der Waals surface area contributed by atoms with Crippen LogP contribution in [0.4, 0.5) is 0 Å². The maximum atomic E-state index is 3.64. The summed E-state index contributed by atoms with van der Waals surface area (Å²) in [6.07, 6.45) is 10.1. The Morgan fingerprint density at radius 3 is 1.95 bits per heavy atom. The Kier molecular flexibility index (Phi) is 6.52. The molecule has 0 nitrogen and oxygen atoms in total. The molecule has 0 atom stereocenters. The van der Waals surface area contributed by atoms with Crippen molar-refractivity contribution in [2.75, 3.05) is 0 Å². The number of hydrogen-bond acceptors (Lipinski definition) is 0. The van der Waals surface area contributed by atoms with Crippen LogP contribution in [0.25, 0.3) is 5.57 Å². The zero-order valence-electron chi connectivity index (χ0n) is 12.3. The van der Waals surface area contributed by atoms with Gasteiger partial charge in [0.05, 0.1) is 0 Å². The van der Waals surface area contributed by atoms with E-state index in [-0.39, 0.29) is 26.2 Å². The number of rotatable bonds is 3. The summed E-state index contributed by atoms with van der Waals surface area (Å²) in [6, 6.07) is 21.2. The summed E-state index contributed by atoms with van der Waals surface area (Å²) in [7, 11) is 0. The van der Waals surface area contributed by atoms with Crippen molar-refractivity contribution in [1.29, 1.82) is 0 Å². The summed E-state index contributed by atoms with van der Waals surface area (Å²) in [6.45, 7) is 0. The molecular weight excluding hydrogens is 331 g/mol. The molecule has 1 heteroatoms. The van der Waals surface area contributed by atoms with Crippen LogP contribution in [0.1, 0.15) is 43.2 Å². The van der Waals surface area contributed by atoms with Crippen molar-refractivity contribution in [3.05, 3.63) is 83.8 Å². The fraction of sp³-hybridized carbons (Fsp3) is 0.250. The van der Waals surface area contributed by atoms with Crippen molar-refractivity contribution in [3.8, 4) is 0 Å². The fourth-order valence-corrected chi connectivity index (χ4v) is 2.86. The molecule has 0 heterocycles. The largest absolute Gasteiger partial charge is 2.00 e. The van der Waals surface area contributed by atoms with Gasteiger partial charge in [0.25, 0.3) is 0 Å². The molecule has 1 aliphatic rings. The average molecular weight is 352 g/mol. The first-order chi connectivity index (χ1) is 9.93. The predicted octanol–water partition coefficient (Wildman–Crippen LogP) is 5.46. The second kappa shape index (κ2) is 8.39. The van der Waals surface area contributed by atoms with Gasteiger partial charge in [0, 0.05) is 0 Å². The molecule has 1 aliphatic carbocycles. The second-order valence-electron chi connectivity index (χ2n) is 5.40. The molecule has 3 rings (SSSR count). The van der Waals surface area contributed by atoms with Crippen LogP contribution < -0.4 is 0 Å². The van der Waals surface area contributed by atoms with Crippen molar-refractivity contribution >= 4 is 5.57 Å². The van der Waals surface area contributed by atoms with Gasteiger partial charge in [-0.3, -0.25) is 0 Å². The van der Waals surface area contributed by atoms with Crippen LogP contribution in [-0.2, 0) is 26.2 Å². The molecule has 0 unspecified atom stereocenters. The maximum Gasteiger partial charge on any atom is 2.00 e. The monoisotopic (exact) mass is 350 g/mol. The molecule has 0 N–H and O–H groups in total. The molecule has 0 spiro atoms. The Morgan fingerprint density at radius 2 is 1.33 bits per heavy atom. The standard InChI is InChI=1S/C20H20.Zr/c1-4-10-17(11-5-1)16-20(18-12-6-2-7-13-18)19-14-8-3-9-15-19;/h1-2,4-7,10-13H,3,8-9,14-15H2;/q-2;+2. The van der Waals surface area contributed by atoms with Crippen LogP contribution in [0, 0.1) is 12.0 Å². The molecule has 0 bridgehead atoms. The average Bonchev–Trinajstić information content (AvgIpc) is 2.55. The molecule has 2 aromatic rings. The van der Waals surface area contributed by atoms with Gasteiger partial charge in [-0.15, -0.1) is 24.3 Å². The van der Waals surface area contributed by atoms with Gasteiger partial charge in [0.15, 0.2) is 0 Å². The minimum absolute atomic E-state index is 0. The molecule has 1 saturated carbocycles. The molecule has 0 amide bonds. The van der Waals surface area contributed by atoms with E-state index in [9.17, 15) is 0 Å². The summed E-state index contributed by atoms with van der Waals surface area (Å²) in [5.74, 6) is 1.58. The van der Waals surface area contributed by atoms with Gasteiger partial charge < -0.3 is 0 Å². The third kappa shape index (κ3) is 4.45. The van der Waals surface area contributed by atoms with Crippen molar-refractivity contribution < 1.29 is 26.2 Å². The van der Waals surface area contributed by atoms with E-state index in [4.69, 9.17) is 0 Å². The molecule has 0 saturated heterocycles. The van der Waals surface area contributed by atoms with E-state index in [1.165, 1.54) is 48.8 Å². The van der Waals surface area contributed by atoms with Crippen molar-refractivity contribution in [1.82, 2.24) is 0 Å². The molecule has 1 fully saturated rings. The number of benzene rings is 2. The Morgan fingerprint density at radius 1 is 0.762 bits per heavy atom. The molecule has 0 aromatic heterocycles. The normalized spacial score (nSPS) is 15.4. The quantitative estimate of drug-likeness (QED) is 0.509. The first kappa shape index (κ1) is 16.3. The summed E-state index contributed by atoms with van der Waals surface area (Å²) in [4.78, 5) is 0. The van der Waals surface area contributed by atoms with Crippen LogP contribution in [0.3, 0.4) is 0 Å². The molecule has 21 heavy (non-hydrogen) atoms. The van der Waals surface area contributed by atoms with Crippen LogP contribution in [0.5, 0.6) is 0 Å². The van der Waals surface area contributed by atoms with Gasteiger partial charge in [0.1, 0.15) is 0 Å². The smallest absolute Gasteiger partial charge is 0.232 e. The van der Waals surface area contributed by atoms with Gasteiger partial charge in [-0.05, 0) is 0 Å². The van der Waals surface area contributed by atoms with E-state index in [0.717, 1.165) is 0 Å². The SMILES string of the molecule is [C-](=C(c1ccccc1)[C-]1CCCCC1)c1ccccc1.[Zr+2]. The van der Waals surface area contributed by atoms with Crippen LogP contribution in [0.2, 0.25) is 0 Å². The predicted molar refractivity (Wildman–Crippen MR) is 85.0 cm³/mol. The Balaban J connectivity index is 0.00000161. The first-order valence-electron chi connectivity index (χ1n) is 7.53. The zero-order valence-corrected chi connectivity index (χ0v) is 14.8. The van der Waals surface area contributed by atoms with Gasteiger partial charge in [-0.25, -0.2) is 17.2 Å². The third-order valence-corrected chi connectivity index (χ3v) is 3.92. The Bertz CT molecular complexity index is 551. The molecule has 0 radical (unpaired) electrons. The van der Waals surface area contributed by atoms with E-state index in [1.807, 2.05) is 0 Å². The summed E-state index contributed by atoms with van der Waals surface area (Å²) < 4.78 is 0. The topological polar surface area (TPSA) is 0 Å². The first-order valence-corrected chi connectivity index (χ1v) is 7.53. The zero-order chi connectivity index (χ0) is 13.6. The van der Waals surface area contributed by atoms with Gasteiger partial charge in [0.2, 0.25) is 0 Å². The van der Waals surface area contributed by atoms with E-state index in [1.54, 1.807) is 5.92 Å². The van der Waals surface area contributed by atoms with Crippen molar-refractivity contribution in [2.24, 2.45) is 0 Å². The second-order valence-corrected chi connectivity index (χ2v) is 5.40. The molecular formula is C20H20Zr. The summed E-state index contributed by atoms with van der Waals surface area (Å²) in [5.41, 5.74) is 3.79. The molecule has 104 valence electrons. The van der Waals surface area contributed by atoms with Crippen molar-refractivity contribution in [2.45, 2.75) is 32.1 Å². The van der Waals surface area contributed by atoms with Gasteiger partial charge >= 0.3 is 26.2 Å². The van der Waals surface area contributed by atoms with Crippen LogP contribution in [0.15, 0.2) is 60.7 Å². The Labute approximate surface area is 147 Å². The minimum atomic E-state index is 0. The summed E-state index contributed by atoms with van der Waals surface area (Å²) in [5, 5.41) is 0. The van der Waals surface area contributed by atoms with E-state index >= 15 is 0 Å². The maximum absolute atomic E-state index is 3.64. The molecule has 0 aliphatic heterocycles. The van der Waals surface area contributed by atoms with Crippen molar-refractivity contribution in [3.63, 3.8) is 0 Å². The minimum Gasteiger partial charge on any atom is -0.232 e.